The summed E-state index contributed by atoms with van der Waals surface area (Å²) >= 11 is 0. The minimum atomic E-state index is -0.794. The fraction of sp³-hybridized carbons (Fsp3) is 0.286. The van der Waals surface area contributed by atoms with Crippen molar-refractivity contribution >= 4 is 16.5 Å². The van der Waals surface area contributed by atoms with E-state index in [0.717, 1.165) is 42.6 Å². The SMILES string of the molecule is Fc1ccc(CN2CCCC(Nc3cccc4cnccc34)C2)cc1F. The standard InChI is InChI=1S/C21H21F2N3/c22-19-7-6-15(11-20(19)23)13-26-10-2-4-17(14-26)25-21-5-1-3-16-12-24-9-8-18(16)21/h1,3,5-9,11-12,17,25H,2,4,10,13-14H2. The number of aromatic nitrogens is 1. The number of benzene rings is 2. The molecule has 3 nitrogen and oxygen atoms in total. The number of piperidine rings is 1. The van der Waals surface area contributed by atoms with E-state index in [4.69, 9.17) is 0 Å². The summed E-state index contributed by atoms with van der Waals surface area (Å²) in [6, 6.07) is 12.7. The van der Waals surface area contributed by atoms with Gasteiger partial charge in [0.05, 0.1) is 0 Å². The Morgan fingerprint density at radius 2 is 2.04 bits per heavy atom. The molecule has 2 heterocycles. The highest BCUT2D eigenvalue weighted by Crippen LogP contribution is 2.25. The van der Waals surface area contributed by atoms with Gasteiger partial charge < -0.3 is 5.32 Å². The lowest BCUT2D eigenvalue weighted by Gasteiger charge is -2.34. The van der Waals surface area contributed by atoms with E-state index in [9.17, 15) is 8.78 Å². The second-order valence-electron chi connectivity index (χ2n) is 6.87. The van der Waals surface area contributed by atoms with E-state index in [1.807, 2.05) is 24.5 Å². The zero-order valence-electron chi connectivity index (χ0n) is 14.5. The van der Waals surface area contributed by atoms with Crippen LogP contribution in [-0.2, 0) is 6.54 Å². The highest BCUT2D eigenvalue weighted by Gasteiger charge is 2.20. The number of fused-ring (bicyclic) bond motifs is 1. The lowest BCUT2D eigenvalue weighted by molar-refractivity contribution is 0.208. The van der Waals surface area contributed by atoms with Gasteiger partial charge in [-0.3, -0.25) is 9.88 Å². The summed E-state index contributed by atoms with van der Waals surface area (Å²) in [5, 5.41) is 5.94. The van der Waals surface area contributed by atoms with Gasteiger partial charge in [-0.15, -0.1) is 0 Å². The minimum absolute atomic E-state index is 0.327. The van der Waals surface area contributed by atoms with Crippen molar-refractivity contribution in [2.24, 2.45) is 0 Å². The van der Waals surface area contributed by atoms with E-state index in [1.54, 1.807) is 6.07 Å². The van der Waals surface area contributed by atoms with Crippen LogP contribution in [0.15, 0.2) is 54.9 Å². The highest BCUT2D eigenvalue weighted by atomic mass is 19.2. The Morgan fingerprint density at radius 1 is 1.12 bits per heavy atom. The molecule has 0 spiro atoms. The third-order valence-corrected chi connectivity index (χ3v) is 4.94. The first-order valence-electron chi connectivity index (χ1n) is 8.94. The van der Waals surface area contributed by atoms with Gasteiger partial charge >= 0.3 is 0 Å². The lowest BCUT2D eigenvalue weighted by Crippen LogP contribution is -2.41. The van der Waals surface area contributed by atoms with Crippen LogP contribution < -0.4 is 5.32 Å². The van der Waals surface area contributed by atoms with Crippen LogP contribution in [0.25, 0.3) is 10.8 Å². The van der Waals surface area contributed by atoms with E-state index in [0.29, 0.717) is 12.6 Å². The second-order valence-corrected chi connectivity index (χ2v) is 6.87. The zero-order valence-corrected chi connectivity index (χ0v) is 14.5. The first-order chi connectivity index (χ1) is 12.7. The molecule has 0 amide bonds. The number of pyridine rings is 1. The first kappa shape index (κ1) is 16.9. The molecule has 1 aliphatic heterocycles. The van der Waals surface area contributed by atoms with Crippen molar-refractivity contribution in [1.29, 1.82) is 0 Å². The molecule has 0 radical (unpaired) electrons. The molecule has 0 aliphatic carbocycles. The van der Waals surface area contributed by atoms with Crippen LogP contribution in [0.5, 0.6) is 0 Å². The molecule has 1 unspecified atom stereocenters. The second kappa shape index (κ2) is 7.38. The van der Waals surface area contributed by atoms with Crippen molar-refractivity contribution in [3.8, 4) is 0 Å². The number of rotatable bonds is 4. The van der Waals surface area contributed by atoms with Crippen molar-refractivity contribution in [2.45, 2.75) is 25.4 Å². The van der Waals surface area contributed by atoms with Crippen LogP contribution in [0.3, 0.4) is 0 Å². The molecule has 1 fully saturated rings. The van der Waals surface area contributed by atoms with Gasteiger partial charge in [0, 0.05) is 48.0 Å². The van der Waals surface area contributed by atoms with Gasteiger partial charge in [-0.25, -0.2) is 8.78 Å². The number of hydrogen-bond acceptors (Lipinski definition) is 3. The minimum Gasteiger partial charge on any atom is -0.381 e. The summed E-state index contributed by atoms with van der Waals surface area (Å²) < 4.78 is 26.5. The molecule has 1 N–H and O–H groups in total. The van der Waals surface area contributed by atoms with Crippen LogP contribution >= 0.6 is 0 Å². The predicted molar refractivity (Wildman–Crippen MR) is 100 cm³/mol. The molecule has 2 aromatic carbocycles. The Morgan fingerprint density at radius 3 is 2.92 bits per heavy atom. The number of hydrogen-bond donors (Lipinski definition) is 1. The molecule has 3 aromatic rings. The largest absolute Gasteiger partial charge is 0.381 e. The van der Waals surface area contributed by atoms with Gasteiger partial charge in [0.1, 0.15) is 0 Å². The van der Waals surface area contributed by atoms with Gasteiger partial charge in [0.15, 0.2) is 11.6 Å². The van der Waals surface area contributed by atoms with Crippen LogP contribution in [0.1, 0.15) is 18.4 Å². The smallest absolute Gasteiger partial charge is 0.159 e. The Balaban J connectivity index is 1.45. The predicted octanol–water partition coefficient (Wildman–Crippen LogP) is 4.59. The summed E-state index contributed by atoms with van der Waals surface area (Å²) in [6.45, 7) is 2.48. The molecule has 5 heteroatoms. The molecule has 26 heavy (non-hydrogen) atoms. The summed E-state index contributed by atoms with van der Waals surface area (Å²) in [6.07, 6.45) is 5.85. The fourth-order valence-electron chi connectivity index (χ4n) is 3.68. The molecular formula is C21H21F2N3. The van der Waals surface area contributed by atoms with Gasteiger partial charge in [-0.05, 0) is 49.2 Å². The van der Waals surface area contributed by atoms with E-state index >= 15 is 0 Å². The normalized spacial score (nSPS) is 18.2. The zero-order chi connectivity index (χ0) is 17.9. The summed E-state index contributed by atoms with van der Waals surface area (Å²) in [5.74, 6) is -1.57. The lowest BCUT2D eigenvalue weighted by atomic mass is 10.0. The quantitative estimate of drug-likeness (QED) is 0.744. The third-order valence-electron chi connectivity index (χ3n) is 4.94. The molecule has 1 aromatic heterocycles. The van der Waals surface area contributed by atoms with Crippen LogP contribution in [-0.4, -0.2) is 29.0 Å². The first-order valence-corrected chi connectivity index (χ1v) is 8.94. The molecule has 1 atom stereocenters. The van der Waals surface area contributed by atoms with E-state index in [1.165, 1.54) is 17.5 Å². The van der Waals surface area contributed by atoms with Gasteiger partial charge in [0.2, 0.25) is 0 Å². The Kier molecular flexibility index (Phi) is 4.80. The number of halogens is 2. The number of likely N-dealkylation sites (tertiary alicyclic amines) is 1. The van der Waals surface area contributed by atoms with Crippen molar-refractivity contribution in [1.82, 2.24) is 9.88 Å². The summed E-state index contributed by atoms with van der Waals surface area (Å²) in [7, 11) is 0. The topological polar surface area (TPSA) is 28.2 Å². The fourth-order valence-corrected chi connectivity index (χ4v) is 3.68. The third kappa shape index (κ3) is 3.68. The Bertz CT molecular complexity index is 907. The van der Waals surface area contributed by atoms with Gasteiger partial charge in [0.25, 0.3) is 0 Å². The molecular weight excluding hydrogens is 332 g/mol. The average molecular weight is 353 g/mol. The molecule has 134 valence electrons. The van der Waals surface area contributed by atoms with E-state index in [-0.39, 0.29) is 0 Å². The number of anilines is 1. The Labute approximate surface area is 151 Å². The monoisotopic (exact) mass is 353 g/mol. The van der Waals surface area contributed by atoms with E-state index in [2.05, 4.69) is 27.3 Å². The highest BCUT2D eigenvalue weighted by molar-refractivity contribution is 5.93. The van der Waals surface area contributed by atoms with Crippen molar-refractivity contribution in [3.05, 3.63) is 72.1 Å². The van der Waals surface area contributed by atoms with Crippen molar-refractivity contribution in [3.63, 3.8) is 0 Å². The van der Waals surface area contributed by atoms with Crippen LogP contribution in [0.2, 0.25) is 0 Å². The molecule has 0 saturated carbocycles. The number of nitrogens with one attached hydrogen (secondary N) is 1. The summed E-state index contributed by atoms with van der Waals surface area (Å²) in [5.41, 5.74) is 1.92. The van der Waals surface area contributed by atoms with Gasteiger partial charge in [-0.1, -0.05) is 18.2 Å². The molecule has 4 rings (SSSR count). The molecule has 1 saturated heterocycles. The van der Waals surface area contributed by atoms with Crippen molar-refractivity contribution < 1.29 is 8.78 Å². The molecule has 1 aliphatic rings. The Hall–Kier alpha value is -2.53. The maximum atomic E-state index is 13.4. The van der Waals surface area contributed by atoms with Crippen LogP contribution in [0.4, 0.5) is 14.5 Å². The van der Waals surface area contributed by atoms with Crippen molar-refractivity contribution in [2.75, 3.05) is 18.4 Å². The average Bonchev–Trinajstić information content (AvgIpc) is 2.65. The molecule has 0 bridgehead atoms. The maximum Gasteiger partial charge on any atom is 0.159 e. The van der Waals surface area contributed by atoms with Gasteiger partial charge in [-0.2, -0.15) is 0 Å². The van der Waals surface area contributed by atoms with Crippen LogP contribution in [0, 0.1) is 11.6 Å². The maximum absolute atomic E-state index is 13.4. The summed E-state index contributed by atoms with van der Waals surface area (Å²) in [4.78, 5) is 6.47. The number of nitrogens with zero attached hydrogens (tertiary/aromatic N) is 2. The van der Waals surface area contributed by atoms with E-state index < -0.39 is 11.6 Å².